The van der Waals surface area contributed by atoms with E-state index in [0.717, 1.165) is 17.4 Å². The van der Waals surface area contributed by atoms with Gasteiger partial charge in [0.2, 0.25) is 0 Å². The Kier molecular flexibility index (Phi) is 5.89. The van der Waals surface area contributed by atoms with Gasteiger partial charge in [0.25, 0.3) is 0 Å². The highest BCUT2D eigenvalue weighted by Crippen LogP contribution is 2.31. The van der Waals surface area contributed by atoms with Gasteiger partial charge in [-0.3, -0.25) is 4.98 Å². The van der Waals surface area contributed by atoms with Gasteiger partial charge in [0.05, 0.1) is 16.6 Å². The van der Waals surface area contributed by atoms with Gasteiger partial charge in [-0.2, -0.15) is 5.26 Å². The van der Waals surface area contributed by atoms with Crippen LogP contribution in [0.3, 0.4) is 0 Å². The first-order valence-electron chi connectivity index (χ1n) is 7.67. The molecule has 8 heteroatoms. The van der Waals surface area contributed by atoms with Crippen LogP contribution in [-0.2, 0) is 4.74 Å². The summed E-state index contributed by atoms with van der Waals surface area (Å²) in [5.74, 6) is 0. The normalized spacial score (nSPS) is 21.0. The Labute approximate surface area is 145 Å². The number of rotatable bonds is 3. The van der Waals surface area contributed by atoms with E-state index in [9.17, 15) is 9.18 Å². The summed E-state index contributed by atoms with van der Waals surface area (Å²) < 4.78 is 19.4. The molecular weight excluding hydrogens is 331 g/mol. The number of aromatic nitrogens is 1. The second kappa shape index (κ2) is 7.71. The Morgan fingerprint density at radius 3 is 2.96 bits per heavy atom. The average molecular weight is 352 g/mol. The fraction of sp³-hybridized carbons (Fsp3) is 0.562. The number of alkyl halides is 1. The number of hydrogen-bond donors (Lipinski definition) is 1. The molecule has 2 atom stereocenters. The van der Waals surface area contributed by atoms with E-state index in [0.29, 0.717) is 11.4 Å². The minimum absolute atomic E-state index is 0.218. The molecule has 1 N–H and O–H groups in total. The molecule has 1 fully saturated rings. The van der Waals surface area contributed by atoms with Crippen LogP contribution in [0.1, 0.15) is 27.2 Å². The third-order valence-electron chi connectivity index (χ3n) is 3.38. The summed E-state index contributed by atoms with van der Waals surface area (Å²) >= 11 is 0.987. The Morgan fingerprint density at radius 2 is 2.29 bits per heavy atom. The number of halogens is 1. The lowest BCUT2D eigenvalue weighted by atomic mass is 10.0. The molecule has 0 radical (unpaired) electrons. The smallest absolute Gasteiger partial charge is 0.407 e. The van der Waals surface area contributed by atoms with Crippen molar-refractivity contribution in [2.45, 2.75) is 49.9 Å². The molecule has 2 heterocycles. The minimum Gasteiger partial charge on any atom is -0.444 e. The van der Waals surface area contributed by atoms with Crippen LogP contribution in [0.15, 0.2) is 23.4 Å². The summed E-state index contributed by atoms with van der Waals surface area (Å²) in [6.45, 7) is 6.00. The molecule has 1 amide bonds. The molecule has 1 aliphatic heterocycles. The zero-order valence-corrected chi connectivity index (χ0v) is 14.8. The summed E-state index contributed by atoms with van der Waals surface area (Å²) in [4.78, 5) is 18.4. The van der Waals surface area contributed by atoms with Gasteiger partial charge >= 0.3 is 6.09 Å². The number of anilines is 1. The molecule has 0 unspecified atom stereocenters. The van der Waals surface area contributed by atoms with Crippen LogP contribution in [0.4, 0.5) is 14.9 Å². The molecule has 1 saturated heterocycles. The van der Waals surface area contributed by atoms with Crippen molar-refractivity contribution >= 4 is 23.5 Å². The van der Waals surface area contributed by atoms with Gasteiger partial charge < -0.3 is 15.0 Å². The van der Waals surface area contributed by atoms with Crippen molar-refractivity contribution < 1.29 is 13.9 Å². The number of amides is 1. The van der Waals surface area contributed by atoms with Crippen molar-refractivity contribution in [2.75, 3.05) is 18.0 Å². The number of nitriles is 1. The van der Waals surface area contributed by atoms with E-state index in [2.05, 4.69) is 10.3 Å². The number of hydrogen-bond acceptors (Lipinski definition) is 6. The van der Waals surface area contributed by atoms with Crippen molar-refractivity contribution in [2.24, 2.45) is 0 Å². The molecule has 1 aromatic rings. The van der Waals surface area contributed by atoms with Crippen LogP contribution in [0.5, 0.6) is 0 Å². The van der Waals surface area contributed by atoms with Gasteiger partial charge in [0, 0.05) is 31.9 Å². The van der Waals surface area contributed by atoms with Crippen LogP contribution < -0.4 is 10.2 Å². The maximum atomic E-state index is 14.2. The van der Waals surface area contributed by atoms with Crippen LogP contribution in [0.2, 0.25) is 0 Å². The lowest BCUT2D eigenvalue weighted by Gasteiger charge is -2.37. The largest absolute Gasteiger partial charge is 0.444 e. The van der Waals surface area contributed by atoms with E-state index in [4.69, 9.17) is 10.00 Å². The summed E-state index contributed by atoms with van der Waals surface area (Å²) in [5, 5.41) is 13.6. The van der Waals surface area contributed by atoms with Crippen molar-refractivity contribution in [1.29, 1.82) is 5.26 Å². The molecule has 130 valence electrons. The third kappa shape index (κ3) is 5.27. The number of alkyl carbamates (subject to hydrolysis) is 1. The van der Waals surface area contributed by atoms with Crippen LogP contribution >= 0.6 is 11.8 Å². The molecule has 0 aliphatic carbocycles. The number of thioether (sulfide) groups is 1. The van der Waals surface area contributed by atoms with E-state index < -0.39 is 17.9 Å². The quantitative estimate of drug-likeness (QED) is 0.665. The van der Waals surface area contributed by atoms with Crippen molar-refractivity contribution in [3.8, 4) is 5.40 Å². The Hall–Kier alpha value is -2.01. The number of nitrogens with zero attached hydrogens (tertiary/aromatic N) is 3. The predicted molar refractivity (Wildman–Crippen MR) is 90.6 cm³/mol. The molecule has 1 aromatic heterocycles. The maximum Gasteiger partial charge on any atom is 0.407 e. The highest BCUT2D eigenvalue weighted by Gasteiger charge is 2.30. The number of carbonyl (C=O) groups is 1. The number of nitrogens with one attached hydrogen (secondary N) is 1. The first kappa shape index (κ1) is 18.3. The fourth-order valence-corrected chi connectivity index (χ4v) is 3.09. The van der Waals surface area contributed by atoms with Crippen molar-refractivity contribution in [3.63, 3.8) is 0 Å². The zero-order valence-electron chi connectivity index (χ0n) is 14.0. The maximum absolute atomic E-state index is 14.2. The lowest BCUT2D eigenvalue weighted by molar-refractivity contribution is 0.0491. The van der Waals surface area contributed by atoms with Crippen LogP contribution in [0, 0.1) is 10.7 Å². The monoisotopic (exact) mass is 352 g/mol. The minimum atomic E-state index is -1.08. The van der Waals surface area contributed by atoms with Gasteiger partial charge in [-0.15, -0.1) is 0 Å². The zero-order chi connectivity index (χ0) is 17.7. The Morgan fingerprint density at radius 1 is 1.54 bits per heavy atom. The number of ether oxygens (including phenoxy) is 1. The number of piperidine rings is 1. The second-order valence-corrected chi connectivity index (χ2v) is 7.44. The predicted octanol–water partition coefficient (Wildman–Crippen LogP) is 3.10. The number of pyridine rings is 1. The first-order chi connectivity index (χ1) is 11.3. The van der Waals surface area contributed by atoms with Crippen molar-refractivity contribution in [3.05, 3.63) is 18.5 Å². The van der Waals surface area contributed by atoms with Crippen LogP contribution in [-0.4, -0.2) is 42.0 Å². The van der Waals surface area contributed by atoms with E-state index in [-0.39, 0.29) is 19.0 Å². The molecule has 24 heavy (non-hydrogen) atoms. The van der Waals surface area contributed by atoms with Crippen molar-refractivity contribution in [1.82, 2.24) is 10.3 Å². The molecular formula is C16H21FN4O2S. The van der Waals surface area contributed by atoms with Gasteiger partial charge in [-0.05, 0) is 38.6 Å². The number of carbonyl (C=O) groups excluding carboxylic acids is 1. The van der Waals surface area contributed by atoms with E-state index >= 15 is 0 Å². The molecule has 0 saturated carbocycles. The fourth-order valence-electron chi connectivity index (χ4n) is 2.57. The first-order valence-corrected chi connectivity index (χ1v) is 8.48. The Bertz CT molecular complexity index is 629. The van der Waals surface area contributed by atoms with Crippen LogP contribution in [0.25, 0.3) is 0 Å². The van der Waals surface area contributed by atoms with E-state index in [1.165, 1.54) is 0 Å². The summed E-state index contributed by atoms with van der Waals surface area (Å²) in [6, 6.07) is 1.39. The lowest BCUT2D eigenvalue weighted by Crippen LogP contribution is -2.52. The molecule has 2 rings (SSSR count). The SMILES string of the molecule is CC(C)(C)OC(=O)N[C@H]1C[C@@H](F)CN(c2ccncc2SC#N)C1. The van der Waals surface area contributed by atoms with Gasteiger partial charge in [0.15, 0.2) is 0 Å². The van der Waals surface area contributed by atoms with Gasteiger partial charge in [-0.1, -0.05) is 0 Å². The third-order valence-corrected chi connectivity index (χ3v) is 4.01. The highest BCUT2D eigenvalue weighted by atomic mass is 32.2. The van der Waals surface area contributed by atoms with E-state index in [1.54, 1.807) is 39.2 Å². The van der Waals surface area contributed by atoms with Gasteiger partial charge in [-0.25, -0.2) is 9.18 Å². The summed E-state index contributed by atoms with van der Waals surface area (Å²) in [6.07, 6.45) is 1.80. The summed E-state index contributed by atoms with van der Waals surface area (Å²) in [5.41, 5.74) is 0.143. The molecule has 6 nitrogen and oxygen atoms in total. The van der Waals surface area contributed by atoms with E-state index in [1.807, 2.05) is 10.3 Å². The Balaban J connectivity index is 2.08. The molecule has 0 spiro atoms. The second-order valence-electron chi connectivity index (χ2n) is 6.62. The average Bonchev–Trinajstić information content (AvgIpc) is 2.45. The molecule has 0 aromatic carbocycles. The topological polar surface area (TPSA) is 78.2 Å². The molecule has 1 aliphatic rings. The van der Waals surface area contributed by atoms with Gasteiger partial charge in [0.1, 0.15) is 17.2 Å². The standard InChI is InChI=1S/C16H21FN4O2S/c1-16(2,3)23-15(22)20-12-6-11(17)8-21(9-12)13-4-5-19-7-14(13)24-10-18/h4-5,7,11-12H,6,8-9H2,1-3H3,(H,20,22)/t11-,12+/m1/s1. The number of thiocyanates is 1. The summed E-state index contributed by atoms with van der Waals surface area (Å²) in [7, 11) is 0. The highest BCUT2D eigenvalue weighted by molar-refractivity contribution is 8.03. The molecule has 0 bridgehead atoms.